The second-order valence-corrected chi connectivity index (χ2v) is 1.64. The first-order valence-corrected chi connectivity index (χ1v) is 2.63. The Kier molecular flexibility index (Phi) is 4.33. The van der Waals surface area contributed by atoms with Gasteiger partial charge in [-0.25, -0.2) is 0 Å². The van der Waals surface area contributed by atoms with E-state index in [0.717, 1.165) is 0 Å². The van der Waals surface area contributed by atoms with Gasteiger partial charge in [0, 0.05) is 6.42 Å². The fourth-order valence-corrected chi connectivity index (χ4v) is 0.430. The first-order valence-electron chi connectivity index (χ1n) is 2.63. The molecular formula is C6H11NO. The van der Waals surface area contributed by atoms with Crippen molar-refractivity contribution in [3.8, 4) is 12.3 Å². The van der Waals surface area contributed by atoms with Gasteiger partial charge in [0.1, 0.15) is 0 Å². The minimum atomic E-state index is -0.398. The van der Waals surface area contributed by atoms with Gasteiger partial charge in [-0.1, -0.05) is 0 Å². The molecule has 0 radical (unpaired) electrons. The van der Waals surface area contributed by atoms with E-state index < -0.39 is 6.10 Å². The van der Waals surface area contributed by atoms with Gasteiger partial charge in [0.2, 0.25) is 0 Å². The maximum absolute atomic E-state index is 8.83. The maximum atomic E-state index is 8.83. The molecule has 0 saturated carbocycles. The van der Waals surface area contributed by atoms with Crippen LogP contribution in [0.25, 0.3) is 0 Å². The van der Waals surface area contributed by atoms with Gasteiger partial charge in [-0.3, -0.25) is 0 Å². The third-order valence-electron chi connectivity index (χ3n) is 0.853. The van der Waals surface area contributed by atoms with Gasteiger partial charge in [0.25, 0.3) is 0 Å². The van der Waals surface area contributed by atoms with E-state index in [1.54, 1.807) is 0 Å². The van der Waals surface area contributed by atoms with Crippen molar-refractivity contribution in [1.82, 2.24) is 0 Å². The van der Waals surface area contributed by atoms with Crippen molar-refractivity contribution in [2.24, 2.45) is 5.73 Å². The largest absolute Gasteiger partial charge is 0.392 e. The molecule has 0 aromatic rings. The molecule has 0 bridgehead atoms. The van der Waals surface area contributed by atoms with Gasteiger partial charge >= 0.3 is 0 Å². The molecule has 1 atom stereocenters. The number of terminal acetylenes is 1. The lowest BCUT2D eigenvalue weighted by Crippen LogP contribution is -2.12. The third-order valence-corrected chi connectivity index (χ3v) is 0.853. The summed E-state index contributed by atoms with van der Waals surface area (Å²) in [6, 6.07) is 0. The summed E-state index contributed by atoms with van der Waals surface area (Å²) in [5.74, 6) is 2.35. The smallest absolute Gasteiger partial charge is 0.0661 e. The fraction of sp³-hybridized carbons (Fsp3) is 0.667. The van der Waals surface area contributed by atoms with E-state index in [-0.39, 0.29) is 0 Å². The summed E-state index contributed by atoms with van der Waals surface area (Å²) in [5.41, 5.74) is 5.13. The van der Waals surface area contributed by atoms with Crippen molar-refractivity contribution in [1.29, 1.82) is 0 Å². The van der Waals surface area contributed by atoms with E-state index in [2.05, 4.69) is 5.92 Å². The topological polar surface area (TPSA) is 46.2 Å². The molecule has 0 aliphatic carbocycles. The van der Waals surface area contributed by atoms with Crippen LogP contribution in [0.5, 0.6) is 0 Å². The molecule has 0 spiro atoms. The Hall–Kier alpha value is -0.520. The van der Waals surface area contributed by atoms with E-state index in [1.807, 2.05) is 0 Å². The minimum Gasteiger partial charge on any atom is -0.392 e. The summed E-state index contributed by atoms with van der Waals surface area (Å²) in [7, 11) is 0. The molecule has 0 heterocycles. The van der Waals surface area contributed by atoms with Gasteiger partial charge in [0.05, 0.1) is 6.10 Å². The Morgan fingerprint density at radius 2 is 2.38 bits per heavy atom. The van der Waals surface area contributed by atoms with Crippen LogP contribution in [0.4, 0.5) is 0 Å². The van der Waals surface area contributed by atoms with Crippen LogP contribution in [0.3, 0.4) is 0 Å². The SMILES string of the molecule is C#CC[C@H](O)CCN. The number of hydrogen-bond donors (Lipinski definition) is 2. The molecular weight excluding hydrogens is 102 g/mol. The lowest BCUT2D eigenvalue weighted by Gasteiger charge is -2.01. The molecule has 0 fully saturated rings. The summed E-state index contributed by atoms with van der Waals surface area (Å²) >= 11 is 0. The number of aliphatic hydroxyl groups excluding tert-OH is 1. The van der Waals surface area contributed by atoms with Crippen LogP contribution in [0.2, 0.25) is 0 Å². The Bertz CT molecular complexity index is 85.0. The molecule has 2 nitrogen and oxygen atoms in total. The van der Waals surface area contributed by atoms with Crippen LogP contribution in [0.15, 0.2) is 0 Å². The summed E-state index contributed by atoms with van der Waals surface area (Å²) in [6.45, 7) is 0.503. The Balaban J connectivity index is 3.08. The highest BCUT2D eigenvalue weighted by atomic mass is 16.3. The highest BCUT2D eigenvalue weighted by Crippen LogP contribution is 1.92. The molecule has 0 aromatic carbocycles. The summed E-state index contributed by atoms with van der Waals surface area (Å²) < 4.78 is 0. The number of hydrogen-bond acceptors (Lipinski definition) is 2. The molecule has 0 aromatic heterocycles. The van der Waals surface area contributed by atoms with E-state index >= 15 is 0 Å². The number of nitrogens with two attached hydrogens (primary N) is 1. The fourth-order valence-electron chi connectivity index (χ4n) is 0.430. The molecule has 0 amide bonds. The number of aliphatic hydroxyl groups is 1. The predicted molar refractivity (Wildman–Crippen MR) is 33.1 cm³/mol. The number of rotatable bonds is 3. The van der Waals surface area contributed by atoms with Gasteiger partial charge in [-0.2, -0.15) is 0 Å². The van der Waals surface area contributed by atoms with Crippen molar-refractivity contribution in [3.63, 3.8) is 0 Å². The molecule has 8 heavy (non-hydrogen) atoms. The summed E-state index contributed by atoms with van der Waals surface area (Å²) in [5, 5.41) is 8.83. The van der Waals surface area contributed by atoms with E-state index in [0.29, 0.717) is 19.4 Å². The molecule has 0 aliphatic heterocycles. The van der Waals surface area contributed by atoms with Crippen molar-refractivity contribution in [2.75, 3.05) is 6.54 Å². The normalized spacial score (nSPS) is 12.6. The Morgan fingerprint density at radius 3 is 2.75 bits per heavy atom. The lowest BCUT2D eigenvalue weighted by atomic mass is 10.2. The van der Waals surface area contributed by atoms with Crippen molar-refractivity contribution >= 4 is 0 Å². The average molecular weight is 113 g/mol. The molecule has 0 rings (SSSR count). The van der Waals surface area contributed by atoms with Gasteiger partial charge < -0.3 is 10.8 Å². The Labute approximate surface area is 49.7 Å². The van der Waals surface area contributed by atoms with Crippen molar-refractivity contribution in [2.45, 2.75) is 18.9 Å². The molecule has 2 heteroatoms. The third kappa shape index (κ3) is 3.66. The first kappa shape index (κ1) is 7.48. The van der Waals surface area contributed by atoms with Crippen LogP contribution in [0.1, 0.15) is 12.8 Å². The lowest BCUT2D eigenvalue weighted by molar-refractivity contribution is 0.173. The highest BCUT2D eigenvalue weighted by molar-refractivity contribution is 4.86. The zero-order chi connectivity index (χ0) is 6.41. The monoisotopic (exact) mass is 113 g/mol. The van der Waals surface area contributed by atoms with E-state index in [4.69, 9.17) is 17.3 Å². The van der Waals surface area contributed by atoms with E-state index in [9.17, 15) is 0 Å². The quantitative estimate of drug-likeness (QED) is 0.494. The van der Waals surface area contributed by atoms with Crippen LogP contribution in [-0.2, 0) is 0 Å². The molecule has 0 unspecified atom stereocenters. The maximum Gasteiger partial charge on any atom is 0.0661 e. The second-order valence-electron chi connectivity index (χ2n) is 1.64. The zero-order valence-electron chi connectivity index (χ0n) is 4.80. The average Bonchev–Trinajstić information content (AvgIpc) is 1.68. The first-order chi connectivity index (χ1) is 3.81. The van der Waals surface area contributed by atoms with Crippen LogP contribution in [0, 0.1) is 12.3 Å². The highest BCUT2D eigenvalue weighted by Gasteiger charge is 1.96. The van der Waals surface area contributed by atoms with E-state index in [1.165, 1.54) is 0 Å². The standard InChI is InChI=1S/C6H11NO/c1-2-3-6(8)4-5-7/h1,6,8H,3-5,7H2/t6-/m0/s1. The van der Waals surface area contributed by atoms with Gasteiger partial charge in [-0.05, 0) is 13.0 Å². The zero-order valence-corrected chi connectivity index (χ0v) is 4.80. The van der Waals surface area contributed by atoms with Crippen molar-refractivity contribution < 1.29 is 5.11 Å². The summed E-state index contributed by atoms with van der Waals surface area (Å²) in [6.07, 6.45) is 5.53. The van der Waals surface area contributed by atoms with Crippen molar-refractivity contribution in [3.05, 3.63) is 0 Å². The Morgan fingerprint density at radius 1 is 1.75 bits per heavy atom. The second kappa shape index (κ2) is 4.63. The predicted octanol–water partition coefficient (Wildman–Crippen LogP) is -0.281. The van der Waals surface area contributed by atoms with Crippen LogP contribution < -0.4 is 5.73 Å². The summed E-state index contributed by atoms with van der Waals surface area (Å²) in [4.78, 5) is 0. The molecule has 0 saturated heterocycles. The van der Waals surface area contributed by atoms with Gasteiger partial charge in [0.15, 0.2) is 0 Å². The van der Waals surface area contributed by atoms with Crippen LogP contribution >= 0.6 is 0 Å². The molecule has 3 N–H and O–H groups in total. The van der Waals surface area contributed by atoms with Gasteiger partial charge in [-0.15, -0.1) is 12.3 Å². The molecule has 0 aliphatic rings. The van der Waals surface area contributed by atoms with Crippen LogP contribution in [-0.4, -0.2) is 17.8 Å². The minimum absolute atomic E-state index is 0.398. The molecule has 46 valence electrons.